The van der Waals surface area contributed by atoms with E-state index in [1.54, 1.807) is 0 Å². The molecule has 0 saturated heterocycles. The van der Waals surface area contributed by atoms with Crippen LogP contribution in [0.15, 0.2) is 0 Å². The summed E-state index contributed by atoms with van der Waals surface area (Å²) >= 11 is 0. The van der Waals surface area contributed by atoms with Gasteiger partial charge in [0.1, 0.15) is 11.9 Å². The van der Waals surface area contributed by atoms with Crippen molar-refractivity contribution in [3.8, 4) is 0 Å². The lowest BCUT2D eigenvalue weighted by Crippen LogP contribution is -2.27. The van der Waals surface area contributed by atoms with Crippen molar-refractivity contribution in [2.24, 2.45) is 23.7 Å². The number of carbonyl (C=O) groups excluding carboxylic acids is 5. The number of Topliss-reactive ketones (excluding diaryl/α,β-unsaturated/α-hetero) is 1. The minimum absolute atomic E-state index is 0.0268. The van der Waals surface area contributed by atoms with Crippen LogP contribution in [0, 0.1) is 23.7 Å². The number of hydrogen-bond acceptors (Lipinski definition) is 10. The average Bonchev–Trinajstić information content (AvgIpc) is 2.84. The van der Waals surface area contributed by atoms with Crippen molar-refractivity contribution < 1.29 is 47.1 Å². The summed E-state index contributed by atoms with van der Waals surface area (Å²) in [4.78, 5) is 50.5. The van der Waals surface area contributed by atoms with E-state index < -0.39 is 7.60 Å². The number of ketones is 1. The highest BCUT2D eigenvalue weighted by molar-refractivity contribution is 7.54. The Balaban J connectivity index is 0.000000558. The maximum atomic E-state index is 11.9. The van der Waals surface area contributed by atoms with Crippen LogP contribution in [0.1, 0.15) is 58.3 Å². The molecule has 0 atom stereocenters. The van der Waals surface area contributed by atoms with E-state index in [0.29, 0.717) is 5.92 Å². The Hall–Kier alpha value is -1.86. The van der Waals surface area contributed by atoms with E-state index in [1.807, 2.05) is 0 Å². The van der Waals surface area contributed by atoms with Crippen molar-refractivity contribution in [1.29, 1.82) is 0 Å². The number of esters is 2. The van der Waals surface area contributed by atoms with Gasteiger partial charge in [0, 0.05) is 20.1 Å². The Kier molecular flexibility index (Phi) is 15.8. The van der Waals surface area contributed by atoms with Gasteiger partial charge in [-0.2, -0.15) is 9.59 Å². The summed E-state index contributed by atoms with van der Waals surface area (Å²) in [6.07, 6.45) is 7.07. The minimum Gasteiger partial charge on any atom is -0.469 e. The number of methoxy groups -OCH3 is 2. The van der Waals surface area contributed by atoms with Gasteiger partial charge in [0.15, 0.2) is 0 Å². The first-order valence-electron chi connectivity index (χ1n) is 11.0. The quantitative estimate of drug-likeness (QED) is 0.383. The summed E-state index contributed by atoms with van der Waals surface area (Å²) in [5.41, 5.74) is 0. The first-order valence-corrected chi connectivity index (χ1v) is 12.7. The molecule has 2 rings (SSSR count). The van der Waals surface area contributed by atoms with Crippen molar-refractivity contribution in [2.75, 3.05) is 34.6 Å². The third-order valence-electron chi connectivity index (χ3n) is 6.17. The fraction of sp³-hybridized carbons (Fsp3) is 0.818. The molecule has 0 unspecified atom stereocenters. The summed E-state index contributed by atoms with van der Waals surface area (Å²) in [7, 11) is 2.27. The van der Waals surface area contributed by atoms with Crippen LogP contribution in [0.4, 0.5) is 0 Å². The molecule has 2 aliphatic rings. The molecule has 0 N–H and O–H groups in total. The summed E-state index contributed by atoms with van der Waals surface area (Å²) in [5, 5.41) is 0. The molecular weight excluding hydrogens is 455 g/mol. The molecule has 10 nitrogen and oxygen atoms in total. The number of ether oxygens (including phenoxy) is 2. The lowest BCUT2D eigenvalue weighted by atomic mass is 9.81. The monoisotopic (exact) mass is 492 g/mol. The highest BCUT2D eigenvalue weighted by atomic mass is 31.2. The van der Waals surface area contributed by atoms with Crippen LogP contribution in [-0.2, 0) is 47.1 Å². The fourth-order valence-electron chi connectivity index (χ4n) is 4.00. The lowest BCUT2D eigenvalue weighted by molar-refractivity contribution is -0.191. The molecule has 2 fully saturated rings. The van der Waals surface area contributed by atoms with Gasteiger partial charge in [-0.15, -0.1) is 0 Å². The molecule has 190 valence electrons. The molecular formula is C22H37O10P. The third kappa shape index (κ3) is 11.7. The molecule has 2 aliphatic carbocycles. The predicted octanol–water partition coefficient (Wildman–Crippen LogP) is 3.42. The molecule has 11 heteroatoms. The predicted molar refractivity (Wildman–Crippen MR) is 117 cm³/mol. The van der Waals surface area contributed by atoms with Crippen molar-refractivity contribution in [2.45, 2.75) is 58.3 Å². The van der Waals surface area contributed by atoms with Crippen LogP contribution in [0.3, 0.4) is 0 Å². The van der Waals surface area contributed by atoms with Gasteiger partial charge in [0.2, 0.25) is 0 Å². The molecule has 2 saturated carbocycles. The third-order valence-corrected chi connectivity index (χ3v) is 7.98. The van der Waals surface area contributed by atoms with Crippen LogP contribution in [0.2, 0.25) is 0 Å². The zero-order chi connectivity index (χ0) is 25.4. The van der Waals surface area contributed by atoms with E-state index >= 15 is 0 Å². The van der Waals surface area contributed by atoms with Gasteiger partial charge < -0.3 is 18.5 Å². The standard InChI is InChI=1S/C11H21O4P.C10H16O4.CO2/c1-9-4-6-10(7-5-9)11(12)8-16(13,14-2)15-3;1-13-9(11)7-3-5-8(6-4-7)10(12)14-2;2-1-3/h9-10H,4-8H2,1-3H3;7-8H,3-6H2,1-2H3;. The Morgan fingerprint density at radius 3 is 1.36 bits per heavy atom. The van der Waals surface area contributed by atoms with Crippen molar-refractivity contribution in [3.05, 3.63) is 0 Å². The lowest BCUT2D eigenvalue weighted by Gasteiger charge is -2.25. The SMILES string of the molecule is COC(=O)C1CCC(C(=O)OC)CC1.COP(=O)(CC(=O)C1CCC(C)CC1)OC.O=C=O. The van der Waals surface area contributed by atoms with E-state index in [4.69, 9.17) is 18.6 Å². The smallest absolute Gasteiger partial charge is 0.373 e. The molecule has 0 aliphatic heterocycles. The van der Waals surface area contributed by atoms with Crippen LogP contribution in [-0.4, -0.2) is 58.5 Å². The molecule has 0 aromatic rings. The zero-order valence-corrected chi connectivity index (χ0v) is 21.1. The van der Waals surface area contributed by atoms with E-state index in [-0.39, 0.29) is 47.8 Å². The number of rotatable bonds is 7. The Bertz CT molecular complexity index is 653. The van der Waals surface area contributed by atoms with Gasteiger partial charge in [-0.25, -0.2) is 0 Å². The Labute approximate surface area is 195 Å². The van der Waals surface area contributed by atoms with Gasteiger partial charge in [0.05, 0.1) is 26.1 Å². The van der Waals surface area contributed by atoms with Gasteiger partial charge in [0.25, 0.3) is 0 Å². The highest BCUT2D eigenvalue weighted by Gasteiger charge is 2.32. The first kappa shape index (κ1) is 31.1. The van der Waals surface area contributed by atoms with E-state index in [0.717, 1.165) is 51.4 Å². The summed E-state index contributed by atoms with van der Waals surface area (Å²) in [6.45, 7) is 2.20. The van der Waals surface area contributed by atoms with Gasteiger partial charge in [-0.05, 0) is 44.4 Å². The second kappa shape index (κ2) is 16.7. The van der Waals surface area contributed by atoms with Crippen LogP contribution >= 0.6 is 7.60 Å². The van der Waals surface area contributed by atoms with Crippen LogP contribution < -0.4 is 0 Å². The second-order valence-corrected chi connectivity index (χ2v) is 10.5. The summed E-state index contributed by atoms with van der Waals surface area (Å²) < 4.78 is 30.7. The normalized spacial score (nSPS) is 24.5. The second-order valence-electron chi connectivity index (χ2n) is 8.24. The van der Waals surface area contributed by atoms with Gasteiger partial charge >= 0.3 is 25.7 Å². The minimum atomic E-state index is -3.17. The maximum absolute atomic E-state index is 11.9. The van der Waals surface area contributed by atoms with Gasteiger partial charge in [-0.3, -0.25) is 18.9 Å². The topological polar surface area (TPSA) is 139 Å². The number of carbonyl (C=O) groups is 3. The first-order chi connectivity index (χ1) is 15.6. The fourth-order valence-corrected chi connectivity index (χ4v) is 5.05. The van der Waals surface area contributed by atoms with Crippen molar-refractivity contribution in [3.63, 3.8) is 0 Å². The Morgan fingerprint density at radius 1 is 0.727 bits per heavy atom. The molecule has 0 aromatic carbocycles. The van der Waals surface area contributed by atoms with Gasteiger partial charge in [-0.1, -0.05) is 19.8 Å². The molecule has 0 heterocycles. The van der Waals surface area contributed by atoms with Crippen LogP contribution in [0.25, 0.3) is 0 Å². The van der Waals surface area contributed by atoms with E-state index in [2.05, 4.69) is 16.4 Å². The molecule has 33 heavy (non-hydrogen) atoms. The summed E-state index contributed by atoms with van der Waals surface area (Å²) in [5.74, 6) is 0.415. The maximum Gasteiger partial charge on any atom is 0.373 e. The largest absolute Gasteiger partial charge is 0.469 e. The summed E-state index contributed by atoms with van der Waals surface area (Å²) in [6, 6.07) is 0. The molecule has 0 spiro atoms. The van der Waals surface area contributed by atoms with Crippen LogP contribution in [0.5, 0.6) is 0 Å². The molecule has 0 aromatic heterocycles. The van der Waals surface area contributed by atoms with Crippen molar-refractivity contribution >= 4 is 31.5 Å². The average molecular weight is 493 g/mol. The highest BCUT2D eigenvalue weighted by Crippen LogP contribution is 2.47. The van der Waals surface area contributed by atoms with E-state index in [9.17, 15) is 18.9 Å². The molecule has 0 bridgehead atoms. The molecule has 0 amide bonds. The molecule has 0 radical (unpaired) electrons. The van der Waals surface area contributed by atoms with Crippen molar-refractivity contribution in [1.82, 2.24) is 0 Å². The van der Waals surface area contributed by atoms with E-state index in [1.165, 1.54) is 28.4 Å². The Morgan fingerprint density at radius 2 is 1.06 bits per heavy atom. The zero-order valence-electron chi connectivity index (χ0n) is 20.2. The number of hydrogen-bond donors (Lipinski definition) is 0.